The lowest BCUT2D eigenvalue weighted by molar-refractivity contribution is -0.120. The van der Waals surface area contributed by atoms with Crippen LogP contribution in [-0.4, -0.2) is 63.8 Å². The van der Waals surface area contributed by atoms with Crippen molar-refractivity contribution < 1.29 is 9.53 Å². The molecule has 1 aliphatic rings. The van der Waals surface area contributed by atoms with E-state index in [1.807, 2.05) is 0 Å². The van der Waals surface area contributed by atoms with E-state index >= 15 is 0 Å². The Bertz CT molecular complexity index is 199. The summed E-state index contributed by atoms with van der Waals surface area (Å²) in [6.45, 7) is 4.31. The van der Waals surface area contributed by atoms with Crippen molar-refractivity contribution in [2.24, 2.45) is 0 Å². The minimum absolute atomic E-state index is 0.0733. The van der Waals surface area contributed by atoms with Crippen LogP contribution in [0.4, 0.5) is 0 Å². The number of likely N-dealkylation sites (N-methyl/N-ethyl adjacent to an activating group) is 1. The fourth-order valence-electron chi connectivity index (χ4n) is 1.58. The van der Waals surface area contributed by atoms with Gasteiger partial charge in [-0.05, 0) is 7.05 Å². The van der Waals surface area contributed by atoms with Crippen molar-refractivity contribution in [3.05, 3.63) is 0 Å². The molecule has 1 amide bonds. The molecule has 0 spiro atoms. The van der Waals surface area contributed by atoms with Crippen LogP contribution < -0.4 is 10.6 Å². The Morgan fingerprint density at radius 1 is 1.60 bits per heavy atom. The number of carbonyl (C=O) groups is 1. The second-order valence-corrected chi connectivity index (χ2v) is 3.88. The molecule has 0 aromatic carbocycles. The highest BCUT2D eigenvalue weighted by atomic mass is 16.5. The minimum Gasteiger partial charge on any atom is -0.374 e. The van der Waals surface area contributed by atoms with Gasteiger partial charge in [-0.2, -0.15) is 0 Å². The molecule has 0 bridgehead atoms. The third kappa shape index (κ3) is 5.11. The van der Waals surface area contributed by atoms with E-state index < -0.39 is 0 Å². The van der Waals surface area contributed by atoms with Gasteiger partial charge >= 0.3 is 0 Å². The summed E-state index contributed by atoms with van der Waals surface area (Å²) < 4.78 is 5.58. The van der Waals surface area contributed by atoms with Crippen LogP contribution in [0.1, 0.15) is 6.42 Å². The number of hydrogen-bond acceptors (Lipinski definition) is 4. The van der Waals surface area contributed by atoms with E-state index in [1.165, 1.54) is 0 Å². The zero-order chi connectivity index (χ0) is 11.1. The smallest absolute Gasteiger partial charge is 0.221 e. The molecule has 5 heteroatoms. The van der Waals surface area contributed by atoms with E-state index in [2.05, 4.69) is 22.6 Å². The van der Waals surface area contributed by atoms with Crippen molar-refractivity contribution in [3.63, 3.8) is 0 Å². The molecule has 1 atom stereocenters. The number of rotatable bonds is 5. The van der Waals surface area contributed by atoms with Crippen molar-refractivity contribution in [2.45, 2.75) is 12.5 Å². The number of morpholine rings is 1. The SMILES string of the molecule is CNC(=O)CCNCC1CN(C)CCO1. The molecule has 15 heavy (non-hydrogen) atoms. The predicted molar refractivity (Wildman–Crippen MR) is 58.8 cm³/mol. The van der Waals surface area contributed by atoms with Crippen molar-refractivity contribution in [1.82, 2.24) is 15.5 Å². The molecular formula is C10H21N3O2. The van der Waals surface area contributed by atoms with Gasteiger partial charge in [0, 0.05) is 39.6 Å². The van der Waals surface area contributed by atoms with Gasteiger partial charge in [-0.15, -0.1) is 0 Å². The van der Waals surface area contributed by atoms with Crippen LogP contribution in [-0.2, 0) is 9.53 Å². The first-order valence-electron chi connectivity index (χ1n) is 5.44. The first kappa shape index (κ1) is 12.4. The number of carbonyl (C=O) groups excluding carboxylic acids is 1. The average Bonchev–Trinajstić information content (AvgIpc) is 2.24. The van der Waals surface area contributed by atoms with Gasteiger partial charge in [0.15, 0.2) is 0 Å². The van der Waals surface area contributed by atoms with Crippen molar-refractivity contribution in [3.8, 4) is 0 Å². The summed E-state index contributed by atoms with van der Waals surface area (Å²) in [5, 5.41) is 5.82. The molecule has 1 heterocycles. The molecule has 1 fully saturated rings. The van der Waals surface area contributed by atoms with E-state index in [0.29, 0.717) is 13.0 Å². The van der Waals surface area contributed by atoms with Crippen molar-refractivity contribution >= 4 is 5.91 Å². The van der Waals surface area contributed by atoms with E-state index in [9.17, 15) is 4.79 Å². The van der Waals surface area contributed by atoms with Crippen LogP contribution in [0.5, 0.6) is 0 Å². The summed E-state index contributed by atoms with van der Waals surface area (Å²) in [6.07, 6.45) is 0.785. The summed E-state index contributed by atoms with van der Waals surface area (Å²) in [6, 6.07) is 0. The fourth-order valence-corrected chi connectivity index (χ4v) is 1.58. The number of amides is 1. The van der Waals surface area contributed by atoms with Crippen LogP contribution in [0.15, 0.2) is 0 Å². The van der Waals surface area contributed by atoms with E-state index in [4.69, 9.17) is 4.74 Å². The molecule has 1 unspecified atom stereocenters. The van der Waals surface area contributed by atoms with Crippen LogP contribution in [0.25, 0.3) is 0 Å². The molecule has 0 aromatic heterocycles. The molecule has 5 nitrogen and oxygen atoms in total. The second kappa shape index (κ2) is 6.76. The number of ether oxygens (including phenoxy) is 1. The molecule has 0 saturated carbocycles. The topological polar surface area (TPSA) is 53.6 Å². The van der Waals surface area contributed by atoms with Crippen molar-refractivity contribution in [1.29, 1.82) is 0 Å². The summed E-state index contributed by atoms with van der Waals surface area (Å²) in [5.74, 6) is 0.0733. The van der Waals surface area contributed by atoms with Gasteiger partial charge in [0.2, 0.25) is 5.91 Å². The van der Waals surface area contributed by atoms with Gasteiger partial charge in [0.1, 0.15) is 0 Å². The highest BCUT2D eigenvalue weighted by Crippen LogP contribution is 2.01. The third-order valence-corrected chi connectivity index (χ3v) is 2.52. The number of nitrogens with zero attached hydrogens (tertiary/aromatic N) is 1. The first-order chi connectivity index (χ1) is 7.22. The van der Waals surface area contributed by atoms with Crippen LogP contribution in [0.2, 0.25) is 0 Å². The Labute approximate surface area is 91.2 Å². The van der Waals surface area contributed by atoms with Gasteiger partial charge in [-0.1, -0.05) is 0 Å². The van der Waals surface area contributed by atoms with Crippen molar-refractivity contribution in [2.75, 3.05) is 46.9 Å². The highest BCUT2D eigenvalue weighted by Gasteiger charge is 2.16. The Balaban J connectivity index is 2.02. The summed E-state index contributed by atoms with van der Waals surface area (Å²) >= 11 is 0. The maximum absolute atomic E-state index is 10.9. The zero-order valence-electron chi connectivity index (χ0n) is 9.58. The quantitative estimate of drug-likeness (QED) is 0.580. The molecule has 2 N–H and O–H groups in total. The van der Waals surface area contributed by atoms with Gasteiger partial charge < -0.3 is 20.3 Å². The number of nitrogens with one attached hydrogen (secondary N) is 2. The van der Waals surface area contributed by atoms with Crippen LogP contribution in [0.3, 0.4) is 0 Å². The van der Waals surface area contributed by atoms with Crippen LogP contribution in [0, 0.1) is 0 Å². The normalized spacial score (nSPS) is 22.7. The fraction of sp³-hybridized carbons (Fsp3) is 0.900. The summed E-state index contributed by atoms with van der Waals surface area (Å²) in [5.41, 5.74) is 0. The Morgan fingerprint density at radius 3 is 3.07 bits per heavy atom. The Kier molecular flexibility index (Phi) is 5.60. The van der Waals surface area contributed by atoms with Gasteiger partial charge in [-0.3, -0.25) is 4.79 Å². The summed E-state index contributed by atoms with van der Waals surface area (Å²) in [4.78, 5) is 13.2. The van der Waals surface area contributed by atoms with Gasteiger partial charge in [0.05, 0.1) is 12.7 Å². The molecule has 1 aliphatic heterocycles. The highest BCUT2D eigenvalue weighted by molar-refractivity contribution is 5.75. The molecular weight excluding hydrogens is 194 g/mol. The van der Waals surface area contributed by atoms with E-state index in [1.54, 1.807) is 7.05 Å². The third-order valence-electron chi connectivity index (χ3n) is 2.52. The number of hydrogen-bond donors (Lipinski definition) is 2. The minimum atomic E-state index is 0.0733. The molecule has 0 radical (unpaired) electrons. The molecule has 1 saturated heterocycles. The maximum Gasteiger partial charge on any atom is 0.221 e. The summed E-state index contributed by atoms with van der Waals surface area (Å²) in [7, 11) is 3.75. The van der Waals surface area contributed by atoms with Gasteiger partial charge in [-0.25, -0.2) is 0 Å². The zero-order valence-corrected chi connectivity index (χ0v) is 9.58. The molecule has 88 valence electrons. The Morgan fingerprint density at radius 2 is 2.40 bits per heavy atom. The van der Waals surface area contributed by atoms with E-state index in [0.717, 1.165) is 26.2 Å². The molecule has 0 aromatic rings. The van der Waals surface area contributed by atoms with Gasteiger partial charge in [0.25, 0.3) is 0 Å². The first-order valence-corrected chi connectivity index (χ1v) is 5.44. The maximum atomic E-state index is 10.9. The molecule has 0 aliphatic carbocycles. The lowest BCUT2D eigenvalue weighted by atomic mass is 10.3. The monoisotopic (exact) mass is 215 g/mol. The largest absolute Gasteiger partial charge is 0.374 e. The Hall–Kier alpha value is -0.650. The van der Waals surface area contributed by atoms with E-state index in [-0.39, 0.29) is 12.0 Å². The molecule has 1 rings (SSSR count). The lowest BCUT2D eigenvalue weighted by Gasteiger charge is -2.30. The lowest BCUT2D eigenvalue weighted by Crippen LogP contribution is -2.45. The average molecular weight is 215 g/mol. The second-order valence-electron chi connectivity index (χ2n) is 3.88. The van der Waals surface area contributed by atoms with Crippen LogP contribution >= 0.6 is 0 Å². The predicted octanol–water partition coefficient (Wildman–Crippen LogP) is -0.957. The standard InChI is InChI=1S/C10H21N3O2/c1-11-10(14)3-4-12-7-9-8-13(2)5-6-15-9/h9,12H,3-8H2,1-2H3,(H,11,14).